The molecule has 0 unspecified atom stereocenters. The number of halogens is 2. The fourth-order valence-corrected chi connectivity index (χ4v) is 3.70. The highest BCUT2D eigenvalue weighted by molar-refractivity contribution is 6.37. The van der Waals surface area contributed by atoms with Gasteiger partial charge in [-0.1, -0.05) is 71.7 Å². The third-order valence-corrected chi connectivity index (χ3v) is 5.24. The molecule has 0 aliphatic heterocycles. The van der Waals surface area contributed by atoms with Crippen molar-refractivity contribution in [2.24, 2.45) is 5.10 Å². The molecule has 0 radical (unpaired) electrons. The molecule has 0 fully saturated rings. The Bertz CT molecular complexity index is 1230. The van der Waals surface area contributed by atoms with E-state index in [1.807, 2.05) is 42.6 Å². The molecule has 150 valence electrons. The molecule has 7 heteroatoms. The van der Waals surface area contributed by atoms with Gasteiger partial charge in [-0.2, -0.15) is 5.10 Å². The topological polar surface area (TPSA) is 66.6 Å². The van der Waals surface area contributed by atoms with Crippen LogP contribution in [-0.4, -0.2) is 21.8 Å². The first-order chi connectivity index (χ1) is 14.5. The van der Waals surface area contributed by atoms with Crippen LogP contribution in [0, 0.1) is 0 Å². The maximum atomic E-state index is 12.3. The van der Waals surface area contributed by atoms with Crippen molar-refractivity contribution in [3.05, 3.63) is 99.7 Å². The molecule has 4 aromatic rings. The molecule has 1 heterocycles. The summed E-state index contributed by atoms with van der Waals surface area (Å²) in [7, 11) is 0. The molecule has 0 aliphatic carbocycles. The fraction of sp³-hybridized carbons (Fsp3) is 0.0435. The molecule has 0 saturated heterocycles. The normalized spacial score (nSPS) is 11.3. The molecule has 0 atom stereocenters. The van der Waals surface area contributed by atoms with Gasteiger partial charge in [-0.3, -0.25) is 4.79 Å². The molecule has 4 rings (SSSR count). The summed E-state index contributed by atoms with van der Waals surface area (Å²) in [6.07, 6.45) is 3.60. The Morgan fingerprint density at radius 1 is 1.03 bits per heavy atom. The van der Waals surface area contributed by atoms with Crippen LogP contribution in [-0.2, 0) is 6.54 Å². The highest BCUT2D eigenvalue weighted by atomic mass is 35.5. The van der Waals surface area contributed by atoms with Gasteiger partial charge in [0.25, 0.3) is 5.91 Å². The van der Waals surface area contributed by atoms with Crippen molar-refractivity contribution in [1.82, 2.24) is 9.99 Å². The van der Waals surface area contributed by atoms with Crippen molar-refractivity contribution in [3.8, 4) is 5.75 Å². The van der Waals surface area contributed by atoms with E-state index in [2.05, 4.69) is 33.3 Å². The minimum atomic E-state index is -0.483. The summed E-state index contributed by atoms with van der Waals surface area (Å²) in [5.74, 6) is -0.743. The number of carbonyl (C=O) groups is 1. The van der Waals surface area contributed by atoms with E-state index in [9.17, 15) is 9.90 Å². The van der Waals surface area contributed by atoms with E-state index in [4.69, 9.17) is 23.2 Å². The number of benzene rings is 3. The zero-order valence-corrected chi connectivity index (χ0v) is 17.2. The van der Waals surface area contributed by atoms with E-state index in [0.29, 0.717) is 0 Å². The monoisotopic (exact) mass is 437 g/mol. The predicted octanol–water partition coefficient (Wildman–Crippen LogP) is 5.47. The first-order valence-electron chi connectivity index (χ1n) is 9.16. The SMILES string of the molecule is O=C(N/N=C\c1cn(Cc2ccccc2)c2ccccc12)c1cc(Cl)c(O)c(Cl)c1. The molecular formula is C23H17Cl2N3O2. The van der Waals surface area contributed by atoms with Crippen LogP contribution < -0.4 is 5.43 Å². The van der Waals surface area contributed by atoms with Gasteiger partial charge >= 0.3 is 0 Å². The lowest BCUT2D eigenvalue weighted by Gasteiger charge is -2.05. The number of fused-ring (bicyclic) bond motifs is 1. The van der Waals surface area contributed by atoms with Crippen molar-refractivity contribution in [1.29, 1.82) is 0 Å². The third kappa shape index (κ3) is 4.17. The van der Waals surface area contributed by atoms with E-state index in [1.165, 1.54) is 17.7 Å². The van der Waals surface area contributed by atoms with Crippen LogP contribution >= 0.6 is 23.2 Å². The van der Waals surface area contributed by atoms with Crippen LogP contribution in [0.2, 0.25) is 10.0 Å². The minimum Gasteiger partial charge on any atom is -0.505 e. The Balaban J connectivity index is 1.56. The Kier molecular flexibility index (Phi) is 5.74. The number of phenolic OH excluding ortho intramolecular Hbond substituents is 1. The van der Waals surface area contributed by atoms with Crippen molar-refractivity contribution < 1.29 is 9.90 Å². The van der Waals surface area contributed by atoms with Gasteiger partial charge in [-0.15, -0.1) is 0 Å². The highest BCUT2D eigenvalue weighted by Gasteiger charge is 2.12. The Labute approximate surface area is 183 Å². The van der Waals surface area contributed by atoms with Gasteiger partial charge in [0.1, 0.15) is 0 Å². The van der Waals surface area contributed by atoms with Crippen LogP contribution in [0.25, 0.3) is 10.9 Å². The largest absolute Gasteiger partial charge is 0.505 e. The van der Waals surface area contributed by atoms with Crippen molar-refractivity contribution in [3.63, 3.8) is 0 Å². The number of rotatable bonds is 5. The second-order valence-electron chi connectivity index (χ2n) is 6.70. The summed E-state index contributed by atoms with van der Waals surface area (Å²) in [5.41, 5.74) is 5.81. The van der Waals surface area contributed by atoms with Gasteiger partial charge in [0.05, 0.1) is 16.3 Å². The molecule has 0 saturated carbocycles. The second-order valence-corrected chi connectivity index (χ2v) is 7.52. The number of hydrogen-bond acceptors (Lipinski definition) is 3. The molecule has 0 bridgehead atoms. The number of phenols is 1. The van der Waals surface area contributed by atoms with E-state index < -0.39 is 5.91 Å². The molecule has 30 heavy (non-hydrogen) atoms. The van der Waals surface area contributed by atoms with Crippen molar-refractivity contribution in [2.45, 2.75) is 6.54 Å². The Morgan fingerprint density at radius 2 is 1.70 bits per heavy atom. The average molecular weight is 438 g/mol. The summed E-state index contributed by atoms with van der Waals surface area (Å²) < 4.78 is 2.15. The van der Waals surface area contributed by atoms with E-state index in [1.54, 1.807) is 6.21 Å². The summed E-state index contributed by atoms with van der Waals surface area (Å²) in [6, 6.07) is 20.9. The second kappa shape index (κ2) is 8.61. The summed E-state index contributed by atoms with van der Waals surface area (Å²) >= 11 is 11.7. The van der Waals surface area contributed by atoms with E-state index in [0.717, 1.165) is 23.0 Å². The van der Waals surface area contributed by atoms with Crippen LogP contribution in [0.1, 0.15) is 21.5 Å². The first-order valence-corrected chi connectivity index (χ1v) is 9.92. The van der Waals surface area contributed by atoms with Gasteiger partial charge in [-0.25, -0.2) is 5.43 Å². The van der Waals surface area contributed by atoms with E-state index >= 15 is 0 Å². The number of nitrogens with one attached hydrogen (secondary N) is 1. The lowest BCUT2D eigenvalue weighted by molar-refractivity contribution is 0.0955. The molecular weight excluding hydrogens is 421 g/mol. The standard InChI is InChI=1S/C23H17Cl2N3O2/c24-19-10-16(11-20(25)22(19)29)23(30)27-26-12-17-14-28(13-15-6-2-1-3-7-15)21-9-5-4-8-18(17)21/h1-12,14,29H,13H2,(H,27,30)/b26-12-. The smallest absolute Gasteiger partial charge is 0.271 e. The summed E-state index contributed by atoms with van der Waals surface area (Å²) in [5, 5.41) is 14.7. The summed E-state index contributed by atoms with van der Waals surface area (Å²) in [6.45, 7) is 0.728. The number of carbonyl (C=O) groups excluding carboxylic acids is 1. The number of amides is 1. The van der Waals surface area contributed by atoms with Gasteiger partial charge < -0.3 is 9.67 Å². The van der Waals surface area contributed by atoms with Gasteiger partial charge in [0.2, 0.25) is 0 Å². The highest BCUT2D eigenvalue weighted by Crippen LogP contribution is 2.32. The van der Waals surface area contributed by atoms with Crippen LogP contribution in [0.5, 0.6) is 5.75 Å². The molecule has 5 nitrogen and oxygen atoms in total. The molecule has 1 amide bonds. The fourth-order valence-electron chi connectivity index (χ4n) is 3.21. The molecule has 0 spiro atoms. The maximum Gasteiger partial charge on any atom is 0.271 e. The van der Waals surface area contributed by atoms with Gasteiger partial charge in [0, 0.05) is 34.8 Å². The molecule has 2 N–H and O–H groups in total. The summed E-state index contributed by atoms with van der Waals surface area (Å²) in [4.78, 5) is 12.3. The van der Waals surface area contributed by atoms with Crippen molar-refractivity contribution in [2.75, 3.05) is 0 Å². The number of para-hydroxylation sites is 1. The van der Waals surface area contributed by atoms with Gasteiger partial charge in [0.15, 0.2) is 5.75 Å². The lowest BCUT2D eigenvalue weighted by Crippen LogP contribution is -2.17. The van der Waals surface area contributed by atoms with Crippen molar-refractivity contribution >= 4 is 46.2 Å². The lowest BCUT2D eigenvalue weighted by atomic mass is 10.2. The third-order valence-electron chi connectivity index (χ3n) is 4.66. The van der Waals surface area contributed by atoms with Crippen LogP contribution in [0.4, 0.5) is 0 Å². The Morgan fingerprint density at radius 3 is 2.43 bits per heavy atom. The quantitative estimate of drug-likeness (QED) is 0.321. The molecule has 1 aromatic heterocycles. The molecule has 0 aliphatic rings. The minimum absolute atomic E-state index is 0.000567. The first kappa shape index (κ1) is 20.0. The van der Waals surface area contributed by atoms with Crippen LogP contribution in [0.3, 0.4) is 0 Å². The maximum absolute atomic E-state index is 12.3. The van der Waals surface area contributed by atoms with E-state index in [-0.39, 0.29) is 21.4 Å². The number of hydrogen-bond donors (Lipinski definition) is 2. The average Bonchev–Trinajstić information content (AvgIpc) is 3.10. The number of nitrogens with zero attached hydrogens (tertiary/aromatic N) is 2. The zero-order chi connectivity index (χ0) is 21.1. The number of aromatic hydroxyl groups is 1. The van der Waals surface area contributed by atoms with Crippen LogP contribution in [0.15, 0.2) is 78.0 Å². The zero-order valence-electron chi connectivity index (χ0n) is 15.7. The predicted molar refractivity (Wildman–Crippen MR) is 121 cm³/mol. The Hall–Kier alpha value is -3.28. The number of hydrazone groups is 1. The number of aromatic nitrogens is 1. The molecule has 3 aromatic carbocycles. The van der Waals surface area contributed by atoms with Gasteiger partial charge in [-0.05, 0) is 23.8 Å².